The van der Waals surface area contributed by atoms with E-state index in [-0.39, 0.29) is 6.54 Å². The molecule has 0 atom stereocenters. The summed E-state index contributed by atoms with van der Waals surface area (Å²) >= 11 is 0. The number of rotatable bonds is 6. The number of carbonyl (C=O) groups excluding carboxylic acids is 2. The Balaban J connectivity index is 1.78. The fourth-order valence-electron chi connectivity index (χ4n) is 2.06. The number of benzene rings is 2. The fourth-order valence-corrected chi connectivity index (χ4v) is 2.06. The summed E-state index contributed by atoms with van der Waals surface area (Å²) in [5.74, 6) is -0.821. The second-order valence-electron chi connectivity index (χ2n) is 5.33. The second-order valence-corrected chi connectivity index (χ2v) is 5.33. The first kappa shape index (κ1) is 18.2. The highest BCUT2D eigenvalue weighted by atomic mass is 16.5. The molecule has 0 aliphatic heterocycles. The lowest BCUT2D eigenvalue weighted by Gasteiger charge is -2.05. The maximum atomic E-state index is 11.7. The first-order valence-corrected chi connectivity index (χ1v) is 7.95. The van der Waals surface area contributed by atoms with Crippen LogP contribution in [0.4, 0.5) is 0 Å². The van der Waals surface area contributed by atoms with Gasteiger partial charge in [0.15, 0.2) is 0 Å². The molecule has 2 rings (SSSR count). The molecule has 2 amide bonds. The van der Waals surface area contributed by atoms with Gasteiger partial charge in [-0.2, -0.15) is 5.10 Å². The highest BCUT2D eigenvalue weighted by molar-refractivity contribution is 6.35. The topological polar surface area (TPSA) is 79.8 Å². The van der Waals surface area contributed by atoms with Gasteiger partial charge in [0.25, 0.3) is 0 Å². The van der Waals surface area contributed by atoms with Crippen molar-refractivity contribution in [3.63, 3.8) is 0 Å². The predicted molar refractivity (Wildman–Crippen MR) is 96.4 cm³/mol. The number of hydrogen-bond acceptors (Lipinski definition) is 4. The van der Waals surface area contributed by atoms with E-state index in [9.17, 15) is 9.59 Å². The van der Waals surface area contributed by atoms with Gasteiger partial charge in [-0.25, -0.2) is 5.43 Å². The Bertz CT molecular complexity index is 738. The molecule has 0 saturated heterocycles. The molecule has 2 N–H and O–H groups in total. The van der Waals surface area contributed by atoms with Crippen molar-refractivity contribution in [3.8, 4) is 5.75 Å². The molecule has 6 heteroatoms. The minimum Gasteiger partial charge on any atom is -0.497 e. The van der Waals surface area contributed by atoms with E-state index < -0.39 is 11.8 Å². The number of nitrogens with one attached hydrogen (secondary N) is 2. The van der Waals surface area contributed by atoms with Crippen LogP contribution in [-0.2, 0) is 22.6 Å². The van der Waals surface area contributed by atoms with Crippen molar-refractivity contribution in [2.75, 3.05) is 7.11 Å². The Morgan fingerprint density at radius 1 is 1.00 bits per heavy atom. The average Bonchev–Trinajstić information content (AvgIpc) is 2.66. The number of amides is 2. The summed E-state index contributed by atoms with van der Waals surface area (Å²) in [4.78, 5) is 23.4. The molecule has 0 unspecified atom stereocenters. The van der Waals surface area contributed by atoms with Gasteiger partial charge in [0, 0.05) is 6.54 Å². The molecule has 2 aromatic carbocycles. The zero-order valence-electron chi connectivity index (χ0n) is 14.3. The Morgan fingerprint density at radius 2 is 1.64 bits per heavy atom. The molecule has 6 nitrogen and oxygen atoms in total. The van der Waals surface area contributed by atoms with Crippen LogP contribution in [0.2, 0.25) is 0 Å². The molecule has 0 spiro atoms. The molecule has 0 bridgehead atoms. The zero-order valence-corrected chi connectivity index (χ0v) is 14.3. The van der Waals surface area contributed by atoms with Crippen molar-refractivity contribution in [2.45, 2.75) is 19.9 Å². The summed E-state index contributed by atoms with van der Waals surface area (Å²) in [5, 5.41) is 6.33. The van der Waals surface area contributed by atoms with Crippen LogP contribution in [0.3, 0.4) is 0 Å². The largest absolute Gasteiger partial charge is 0.497 e. The highest BCUT2D eigenvalue weighted by Crippen LogP contribution is 2.10. The minimum absolute atomic E-state index is 0.248. The molecule has 2 aromatic rings. The average molecular weight is 339 g/mol. The molecule has 0 aliphatic rings. The predicted octanol–water partition coefficient (Wildman–Crippen LogP) is 2.02. The Kier molecular flexibility index (Phi) is 6.71. The molecule has 0 saturated carbocycles. The summed E-state index contributed by atoms with van der Waals surface area (Å²) in [5.41, 5.74) is 5.14. The number of hydrazone groups is 1. The van der Waals surface area contributed by atoms with Gasteiger partial charge < -0.3 is 10.1 Å². The van der Waals surface area contributed by atoms with Crippen LogP contribution >= 0.6 is 0 Å². The Hall–Kier alpha value is -3.15. The third-order valence-electron chi connectivity index (χ3n) is 3.59. The van der Waals surface area contributed by atoms with Crippen LogP contribution in [0.15, 0.2) is 53.6 Å². The minimum atomic E-state index is -0.810. The summed E-state index contributed by atoms with van der Waals surface area (Å²) in [6, 6.07) is 15.0. The smallest absolute Gasteiger partial charge is 0.329 e. The van der Waals surface area contributed by atoms with Gasteiger partial charge in [-0.3, -0.25) is 9.59 Å². The van der Waals surface area contributed by atoms with Crippen molar-refractivity contribution < 1.29 is 14.3 Å². The molecule has 130 valence electrons. The van der Waals surface area contributed by atoms with E-state index in [1.165, 1.54) is 11.8 Å². The van der Waals surface area contributed by atoms with Crippen LogP contribution in [0.1, 0.15) is 23.6 Å². The SMILES string of the molecule is CCc1ccc(/C=N\NC(=O)C(=O)NCc2ccc(OC)cc2)cc1. The lowest BCUT2D eigenvalue weighted by atomic mass is 10.1. The monoisotopic (exact) mass is 339 g/mol. The molecule has 25 heavy (non-hydrogen) atoms. The lowest BCUT2D eigenvalue weighted by molar-refractivity contribution is -0.139. The van der Waals surface area contributed by atoms with E-state index in [4.69, 9.17) is 4.74 Å². The van der Waals surface area contributed by atoms with Crippen molar-refractivity contribution in [1.82, 2.24) is 10.7 Å². The van der Waals surface area contributed by atoms with Crippen molar-refractivity contribution in [1.29, 1.82) is 0 Å². The van der Waals surface area contributed by atoms with Crippen LogP contribution in [-0.4, -0.2) is 25.1 Å². The number of carbonyl (C=O) groups is 2. The van der Waals surface area contributed by atoms with Gasteiger partial charge in [0.2, 0.25) is 0 Å². The van der Waals surface area contributed by atoms with Gasteiger partial charge in [0.05, 0.1) is 13.3 Å². The third-order valence-corrected chi connectivity index (χ3v) is 3.59. The van der Waals surface area contributed by atoms with E-state index in [1.54, 1.807) is 19.2 Å². The van der Waals surface area contributed by atoms with E-state index in [2.05, 4.69) is 22.8 Å². The van der Waals surface area contributed by atoms with Gasteiger partial charge in [-0.1, -0.05) is 43.3 Å². The third kappa shape index (κ3) is 5.76. The summed E-state index contributed by atoms with van der Waals surface area (Å²) in [6.07, 6.45) is 2.45. The molecule has 0 aromatic heterocycles. The number of nitrogens with zero attached hydrogens (tertiary/aromatic N) is 1. The highest BCUT2D eigenvalue weighted by Gasteiger charge is 2.11. The molecule has 0 radical (unpaired) electrons. The van der Waals surface area contributed by atoms with Gasteiger partial charge in [0.1, 0.15) is 5.75 Å². The Morgan fingerprint density at radius 3 is 2.24 bits per heavy atom. The second kappa shape index (κ2) is 9.22. The number of methoxy groups -OCH3 is 1. The van der Waals surface area contributed by atoms with Gasteiger partial charge >= 0.3 is 11.8 Å². The number of aryl methyl sites for hydroxylation is 1. The van der Waals surface area contributed by atoms with Crippen molar-refractivity contribution in [2.24, 2.45) is 5.10 Å². The van der Waals surface area contributed by atoms with Gasteiger partial charge in [-0.05, 0) is 35.2 Å². The van der Waals surface area contributed by atoms with Crippen LogP contribution in [0.25, 0.3) is 0 Å². The molecule has 0 heterocycles. The van der Waals surface area contributed by atoms with E-state index in [0.717, 1.165) is 23.3 Å². The Labute approximate surface area is 146 Å². The quantitative estimate of drug-likeness (QED) is 0.480. The maximum absolute atomic E-state index is 11.7. The standard InChI is InChI=1S/C19H21N3O3/c1-3-14-4-6-16(7-5-14)13-21-22-19(24)18(23)20-12-15-8-10-17(25-2)11-9-15/h4-11,13H,3,12H2,1-2H3,(H,20,23)(H,22,24)/b21-13-. The van der Waals surface area contributed by atoms with Crippen LogP contribution < -0.4 is 15.5 Å². The van der Waals surface area contributed by atoms with E-state index in [1.807, 2.05) is 36.4 Å². The molecular weight excluding hydrogens is 318 g/mol. The molecule has 0 fully saturated rings. The summed E-state index contributed by atoms with van der Waals surface area (Å²) in [7, 11) is 1.58. The van der Waals surface area contributed by atoms with E-state index in [0.29, 0.717) is 0 Å². The molecular formula is C19H21N3O3. The van der Waals surface area contributed by atoms with Crippen molar-refractivity contribution >= 4 is 18.0 Å². The fraction of sp³-hybridized carbons (Fsp3) is 0.211. The first-order chi connectivity index (χ1) is 12.1. The van der Waals surface area contributed by atoms with Gasteiger partial charge in [-0.15, -0.1) is 0 Å². The maximum Gasteiger partial charge on any atom is 0.329 e. The summed E-state index contributed by atoms with van der Waals surface area (Å²) in [6.45, 7) is 2.33. The number of hydrogen-bond donors (Lipinski definition) is 2. The van der Waals surface area contributed by atoms with E-state index >= 15 is 0 Å². The first-order valence-electron chi connectivity index (χ1n) is 7.95. The number of ether oxygens (including phenoxy) is 1. The zero-order chi connectivity index (χ0) is 18.1. The normalized spacial score (nSPS) is 10.5. The summed E-state index contributed by atoms with van der Waals surface area (Å²) < 4.78 is 5.06. The lowest BCUT2D eigenvalue weighted by Crippen LogP contribution is -2.37. The van der Waals surface area contributed by atoms with Crippen molar-refractivity contribution in [3.05, 3.63) is 65.2 Å². The van der Waals surface area contributed by atoms with Crippen LogP contribution in [0, 0.1) is 0 Å². The van der Waals surface area contributed by atoms with Crippen LogP contribution in [0.5, 0.6) is 5.75 Å². The molecule has 0 aliphatic carbocycles.